The lowest BCUT2D eigenvalue weighted by atomic mass is 10.1. The van der Waals surface area contributed by atoms with E-state index in [-0.39, 0.29) is 21.9 Å². The average Bonchev–Trinajstić information content (AvgIpc) is 2.98. The van der Waals surface area contributed by atoms with Crippen molar-refractivity contribution in [1.82, 2.24) is 4.98 Å². The number of nitro benzene ring substituents is 1. The van der Waals surface area contributed by atoms with Crippen LogP contribution in [0.25, 0.3) is 0 Å². The average molecular weight is 375 g/mol. The summed E-state index contributed by atoms with van der Waals surface area (Å²) in [5.74, 6) is -0.342. The molecule has 0 bridgehead atoms. The molecular weight excluding hydrogens is 357 g/mol. The highest BCUT2D eigenvalue weighted by Crippen LogP contribution is 2.32. The second-order valence-corrected chi connectivity index (χ2v) is 7.76. The number of benzene rings is 1. The van der Waals surface area contributed by atoms with Gasteiger partial charge in [0.15, 0.2) is 0 Å². The predicted octanol–water partition coefficient (Wildman–Crippen LogP) is 4.04. The number of aromatic nitrogens is 1. The van der Waals surface area contributed by atoms with Crippen molar-refractivity contribution in [2.24, 2.45) is 0 Å². The zero-order chi connectivity index (χ0) is 18.4. The van der Waals surface area contributed by atoms with Gasteiger partial charge in [0.05, 0.1) is 4.92 Å². The summed E-state index contributed by atoms with van der Waals surface area (Å²) < 4.78 is 0.747. The van der Waals surface area contributed by atoms with Crippen LogP contribution in [0.1, 0.15) is 35.5 Å². The summed E-state index contributed by atoms with van der Waals surface area (Å²) in [6.07, 6.45) is 6.80. The van der Waals surface area contributed by atoms with Crippen LogP contribution in [-0.4, -0.2) is 15.7 Å². The molecule has 0 saturated carbocycles. The fourth-order valence-electron chi connectivity index (χ4n) is 2.09. The van der Waals surface area contributed by atoms with E-state index >= 15 is 0 Å². The van der Waals surface area contributed by atoms with Crippen molar-refractivity contribution in [2.75, 3.05) is 5.73 Å². The van der Waals surface area contributed by atoms with Gasteiger partial charge in [-0.2, -0.15) is 0 Å². The number of hydrogen-bond acceptors (Lipinski definition) is 6. The Labute approximate surface area is 151 Å². The van der Waals surface area contributed by atoms with Gasteiger partial charge < -0.3 is 5.73 Å². The number of hydrogen-bond donors (Lipinski definition) is 1. The zero-order valence-corrected chi connectivity index (χ0v) is 15.7. The number of allylic oxidation sites excluding steroid dienone is 4. The minimum absolute atomic E-state index is 0.0258. The number of rotatable bonds is 7. The van der Waals surface area contributed by atoms with E-state index in [1.807, 2.05) is 25.2 Å². The van der Waals surface area contributed by atoms with Crippen molar-refractivity contribution in [2.45, 2.75) is 20.3 Å². The molecule has 8 heteroatoms. The number of carbonyl (C=O) groups is 1. The first kappa shape index (κ1) is 19.0. The normalized spacial score (nSPS) is 12.3. The molecule has 2 N–H and O–H groups in total. The number of nitrogens with two attached hydrogens (primary N) is 1. The Hall–Kier alpha value is -2.37. The van der Waals surface area contributed by atoms with Gasteiger partial charge >= 0.3 is 0 Å². The van der Waals surface area contributed by atoms with Crippen LogP contribution in [0.5, 0.6) is 0 Å². The minimum Gasteiger partial charge on any atom is -0.382 e. The van der Waals surface area contributed by atoms with Gasteiger partial charge in [0.25, 0.3) is 5.69 Å². The second kappa shape index (κ2) is 8.65. The van der Waals surface area contributed by atoms with Gasteiger partial charge in [0, 0.05) is 6.07 Å². The SMILES string of the molecule is C/C=C\C=C(/CC)Pc1nc(N)c(C(=O)c2ccccc2[N+](=O)[O-])s1. The van der Waals surface area contributed by atoms with Crippen molar-refractivity contribution < 1.29 is 9.72 Å². The Morgan fingerprint density at radius 1 is 1.44 bits per heavy atom. The summed E-state index contributed by atoms with van der Waals surface area (Å²) in [4.78, 5) is 27.8. The summed E-state index contributed by atoms with van der Waals surface area (Å²) in [6.45, 7) is 4.00. The van der Waals surface area contributed by atoms with Crippen LogP contribution in [0.3, 0.4) is 0 Å². The molecule has 0 aliphatic carbocycles. The first-order valence-corrected chi connectivity index (χ1v) is 9.42. The third kappa shape index (κ3) is 4.59. The predicted molar refractivity (Wildman–Crippen MR) is 104 cm³/mol. The molecule has 0 spiro atoms. The van der Waals surface area contributed by atoms with E-state index in [9.17, 15) is 14.9 Å². The number of anilines is 1. The highest BCUT2D eigenvalue weighted by molar-refractivity contribution is 7.60. The Morgan fingerprint density at radius 2 is 2.16 bits per heavy atom. The molecule has 0 fully saturated rings. The van der Waals surface area contributed by atoms with Crippen molar-refractivity contribution in [1.29, 1.82) is 0 Å². The molecule has 0 aliphatic heterocycles. The van der Waals surface area contributed by atoms with Gasteiger partial charge in [0.2, 0.25) is 5.78 Å². The Morgan fingerprint density at radius 3 is 2.80 bits per heavy atom. The monoisotopic (exact) mass is 375 g/mol. The Balaban J connectivity index is 2.34. The molecule has 0 amide bonds. The van der Waals surface area contributed by atoms with E-state index in [1.54, 1.807) is 6.07 Å². The fraction of sp³-hybridized carbons (Fsp3) is 0.176. The standard InChI is InChI=1S/C17H18N3O3PS/c1-3-5-8-11(4-2)24-17-19-16(18)15(25-17)14(21)12-9-6-7-10-13(12)20(22)23/h3,5-10,24H,4,18H2,1-2H3/b5-3-,11-8+. The quantitative estimate of drug-likeness (QED) is 0.259. The summed E-state index contributed by atoms with van der Waals surface area (Å²) in [6, 6.07) is 5.86. The molecule has 2 rings (SSSR count). The third-order valence-electron chi connectivity index (χ3n) is 3.34. The van der Waals surface area contributed by atoms with Crippen molar-refractivity contribution >= 4 is 42.0 Å². The van der Waals surface area contributed by atoms with E-state index in [1.165, 1.54) is 34.9 Å². The lowest BCUT2D eigenvalue weighted by Crippen LogP contribution is -2.06. The van der Waals surface area contributed by atoms with E-state index in [0.29, 0.717) is 8.58 Å². The van der Waals surface area contributed by atoms with Crippen LogP contribution in [0, 0.1) is 10.1 Å². The molecule has 0 saturated heterocycles. The molecule has 130 valence electrons. The van der Waals surface area contributed by atoms with Gasteiger partial charge in [-0.15, -0.1) is 11.3 Å². The summed E-state index contributed by atoms with van der Waals surface area (Å²) in [5.41, 5.74) is 5.70. The van der Waals surface area contributed by atoms with E-state index in [0.717, 1.165) is 11.2 Å². The molecule has 6 nitrogen and oxygen atoms in total. The van der Waals surface area contributed by atoms with E-state index < -0.39 is 10.7 Å². The molecule has 1 aromatic carbocycles. The number of thiazole rings is 1. The Kier molecular flexibility index (Phi) is 6.56. The third-order valence-corrected chi connectivity index (χ3v) is 6.01. The Bertz CT molecular complexity index is 859. The molecule has 1 unspecified atom stereocenters. The molecule has 1 heterocycles. The van der Waals surface area contributed by atoms with Gasteiger partial charge in [-0.25, -0.2) is 4.98 Å². The van der Waals surface area contributed by atoms with Crippen molar-refractivity contribution in [3.05, 3.63) is 68.4 Å². The summed E-state index contributed by atoms with van der Waals surface area (Å²) >= 11 is 1.20. The largest absolute Gasteiger partial charge is 0.382 e. The topological polar surface area (TPSA) is 99.1 Å². The highest BCUT2D eigenvalue weighted by Gasteiger charge is 2.25. The number of nitro groups is 1. The molecule has 0 radical (unpaired) electrons. The first-order chi connectivity index (χ1) is 12.0. The second-order valence-electron chi connectivity index (χ2n) is 5.03. The van der Waals surface area contributed by atoms with Crippen LogP contribution in [0.15, 0.2) is 47.8 Å². The summed E-state index contributed by atoms with van der Waals surface area (Å²) in [5, 5.41) is 12.3. The number of nitrogen functional groups attached to an aromatic ring is 1. The zero-order valence-electron chi connectivity index (χ0n) is 13.9. The van der Waals surface area contributed by atoms with Gasteiger partial charge in [-0.1, -0.05) is 37.3 Å². The van der Waals surface area contributed by atoms with Gasteiger partial charge in [0.1, 0.15) is 21.0 Å². The smallest absolute Gasteiger partial charge is 0.280 e. The van der Waals surface area contributed by atoms with Crippen LogP contribution >= 0.6 is 19.9 Å². The lowest BCUT2D eigenvalue weighted by Gasteiger charge is -2.00. The summed E-state index contributed by atoms with van der Waals surface area (Å²) in [7, 11) is 0.317. The molecular formula is C17H18N3O3PS. The molecule has 2 aromatic rings. The number of ketones is 1. The van der Waals surface area contributed by atoms with E-state index in [2.05, 4.69) is 11.9 Å². The minimum atomic E-state index is -0.567. The van der Waals surface area contributed by atoms with Crippen LogP contribution < -0.4 is 10.5 Å². The number of para-hydroxylation sites is 1. The maximum Gasteiger partial charge on any atom is 0.280 e. The van der Waals surface area contributed by atoms with Gasteiger partial charge in [-0.05, 0) is 33.3 Å². The highest BCUT2D eigenvalue weighted by atomic mass is 32.1. The number of nitrogens with zero attached hydrogens (tertiary/aromatic N) is 2. The van der Waals surface area contributed by atoms with Crippen LogP contribution in [-0.2, 0) is 0 Å². The van der Waals surface area contributed by atoms with Crippen LogP contribution in [0.4, 0.5) is 11.5 Å². The van der Waals surface area contributed by atoms with Crippen LogP contribution in [0.2, 0.25) is 0 Å². The number of carbonyl (C=O) groups excluding carboxylic acids is 1. The lowest BCUT2D eigenvalue weighted by molar-refractivity contribution is -0.385. The molecule has 0 aliphatic rings. The maximum absolute atomic E-state index is 12.7. The van der Waals surface area contributed by atoms with E-state index in [4.69, 9.17) is 5.73 Å². The molecule has 1 atom stereocenters. The van der Waals surface area contributed by atoms with Gasteiger partial charge in [-0.3, -0.25) is 14.9 Å². The molecule has 1 aromatic heterocycles. The van der Waals surface area contributed by atoms with Crippen molar-refractivity contribution in [3.63, 3.8) is 0 Å². The first-order valence-electron chi connectivity index (χ1n) is 7.61. The maximum atomic E-state index is 12.7. The van der Waals surface area contributed by atoms with Crippen molar-refractivity contribution in [3.8, 4) is 0 Å². The fourth-order valence-corrected chi connectivity index (χ4v) is 4.49. The molecule has 25 heavy (non-hydrogen) atoms.